The highest BCUT2D eigenvalue weighted by Crippen LogP contribution is 2.26. The number of hydrogen-bond acceptors (Lipinski definition) is 3. The lowest BCUT2D eigenvalue weighted by Gasteiger charge is -2.01. The number of furan rings is 1. The van der Waals surface area contributed by atoms with E-state index in [0.29, 0.717) is 0 Å². The summed E-state index contributed by atoms with van der Waals surface area (Å²) in [6.07, 6.45) is 1.01. The largest absolute Gasteiger partial charge is 0.452 e. The van der Waals surface area contributed by atoms with Crippen LogP contribution < -0.4 is 5.32 Å². The minimum absolute atomic E-state index is 0.742. The van der Waals surface area contributed by atoms with Gasteiger partial charge in [0.2, 0.25) is 0 Å². The molecule has 5 heteroatoms. The molecule has 0 aliphatic heterocycles. The van der Waals surface area contributed by atoms with E-state index < -0.39 is 0 Å². The van der Waals surface area contributed by atoms with E-state index in [1.165, 1.54) is 0 Å². The molecule has 0 spiro atoms. The highest BCUT2D eigenvalue weighted by Gasteiger charge is 2.04. The van der Waals surface area contributed by atoms with Crippen molar-refractivity contribution < 1.29 is 9.15 Å². The van der Waals surface area contributed by atoms with Crippen LogP contribution in [0.4, 0.5) is 0 Å². The zero-order valence-electron chi connectivity index (χ0n) is 7.98. The standard InChI is InChI=1S/C9H13Br2NO2/c1-13-4-2-3-12-6-7-5-8(10)9(11)14-7/h5,12H,2-4,6H2,1H3. The minimum atomic E-state index is 0.742. The van der Waals surface area contributed by atoms with Crippen LogP contribution in [-0.4, -0.2) is 20.3 Å². The molecule has 0 amide bonds. The van der Waals surface area contributed by atoms with Crippen molar-refractivity contribution in [2.45, 2.75) is 13.0 Å². The van der Waals surface area contributed by atoms with Gasteiger partial charge >= 0.3 is 0 Å². The fourth-order valence-corrected chi connectivity index (χ4v) is 1.69. The quantitative estimate of drug-likeness (QED) is 0.816. The number of halogens is 2. The van der Waals surface area contributed by atoms with Crippen LogP contribution in [0.15, 0.2) is 19.6 Å². The van der Waals surface area contributed by atoms with E-state index in [1.807, 2.05) is 6.07 Å². The first-order valence-electron chi connectivity index (χ1n) is 4.37. The molecule has 1 aromatic rings. The molecule has 0 fully saturated rings. The molecule has 1 N–H and O–H groups in total. The molecule has 1 rings (SSSR count). The fourth-order valence-electron chi connectivity index (χ4n) is 1.03. The van der Waals surface area contributed by atoms with Crippen LogP contribution >= 0.6 is 31.9 Å². The van der Waals surface area contributed by atoms with Crippen LogP contribution in [0.1, 0.15) is 12.2 Å². The van der Waals surface area contributed by atoms with E-state index >= 15 is 0 Å². The van der Waals surface area contributed by atoms with Crippen LogP contribution in [0, 0.1) is 0 Å². The van der Waals surface area contributed by atoms with Crippen LogP contribution in [0.2, 0.25) is 0 Å². The van der Waals surface area contributed by atoms with Gasteiger partial charge in [-0.1, -0.05) is 0 Å². The fraction of sp³-hybridized carbons (Fsp3) is 0.556. The van der Waals surface area contributed by atoms with Crippen molar-refractivity contribution in [3.63, 3.8) is 0 Å². The smallest absolute Gasteiger partial charge is 0.183 e. The van der Waals surface area contributed by atoms with E-state index in [1.54, 1.807) is 7.11 Å². The molecule has 0 unspecified atom stereocenters. The van der Waals surface area contributed by atoms with Crippen molar-refractivity contribution in [3.05, 3.63) is 21.0 Å². The molecule has 1 aromatic heterocycles. The minimum Gasteiger partial charge on any atom is -0.452 e. The number of methoxy groups -OCH3 is 1. The normalized spacial score (nSPS) is 10.8. The van der Waals surface area contributed by atoms with Gasteiger partial charge in [-0.15, -0.1) is 0 Å². The number of hydrogen-bond donors (Lipinski definition) is 1. The van der Waals surface area contributed by atoms with E-state index in [4.69, 9.17) is 9.15 Å². The Hall–Kier alpha value is 0.160. The Labute approximate surface area is 100 Å². The summed E-state index contributed by atoms with van der Waals surface area (Å²) in [7, 11) is 1.71. The second kappa shape index (κ2) is 6.61. The molecule has 14 heavy (non-hydrogen) atoms. The first-order valence-corrected chi connectivity index (χ1v) is 5.96. The lowest BCUT2D eigenvalue weighted by atomic mass is 10.4. The summed E-state index contributed by atoms with van der Waals surface area (Å²) in [6, 6.07) is 1.95. The first kappa shape index (κ1) is 12.2. The van der Waals surface area contributed by atoms with Crippen LogP contribution in [0.5, 0.6) is 0 Å². The SMILES string of the molecule is COCCCNCc1cc(Br)c(Br)o1. The molecule has 0 radical (unpaired) electrons. The molecule has 80 valence electrons. The summed E-state index contributed by atoms with van der Waals surface area (Å²) in [6.45, 7) is 2.47. The summed E-state index contributed by atoms with van der Waals surface area (Å²) in [5.74, 6) is 0.918. The molecule has 0 aliphatic rings. The highest BCUT2D eigenvalue weighted by molar-refractivity contribution is 9.13. The summed E-state index contributed by atoms with van der Waals surface area (Å²) >= 11 is 6.65. The van der Waals surface area contributed by atoms with Gasteiger partial charge in [0.25, 0.3) is 0 Å². The van der Waals surface area contributed by atoms with E-state index in [2.05, 4.69) is 37.2 Å². The second-order valence-corrected chi connectivity index (χ2v) is 4.43. The third-order valence-corrected chi connectivity index (χ3v) is 3.41. The summed E-state index contributed by atoms with van der Waals surface area (Å²) in [4.78, 5) is 0. The van der Waals surface area contributed by atoms with Gasteiger partial charge in [0.15, 0.2) is 4.67 Å². The second-order valence-electron chi connectivity index (χ2n) is 2.86. The van der Waals surface area contributed by atoms with Crippen molar-refractivity contribution in [2.75, 3.05) is 20.3 Å². The summed E-state index contributed by atoms with van der Waals surface area (Å²) < 4.78 is 12.0. The lowest BCUT2D eigenvalue weighted by molar-refractivity contribution is 0.194. The Kier molecular flexibility index (Phi) is 5.77. The topological polar surface area (TPSA) is 34.4 Å². The Morgan fingerprint density at radius 1 is 1.50 bits per heavy atom. The van der Waals surface area contributed by atoms with Gasteiger partial charge in [0.05, 0.1) is 11.0 Å². The van der Waals surface area contributed by atoms with Crippen molar-refractivity contribution in [1.29, 1.82) is 0 Å². The molecule has 0 saturated carbocycles. The summed E-state index contributed by atoms with van der Waals surface area (Å²) in [5, 5.41) is 3.26. The molecule has 0 aliphatic carbocycles. The van der Waals surface area contributed by atoms with Gasteiger partial charge in [-0.05, 0) is 50.9 Å². The molecular formula is C9H13Br2NO2. The first-order chi connectivity index (χ1) is 6.74. The lowest BCUT2D eigenvalue weighted by Crippen LogP contribution is -2.15. The van der Waals surface area contributed by atoms with Crippen molar-refractivity contribution >= 4 is 31.9 Å². The molecule has 0 atom stereocenters. The maximum absolute atomic E-state index is 5.40. The van der Waals surface area contributed by atoms with E-state index in [0.717, 1.165) is 41.0 Å². The average molecular weight is 327 g/mol. The third kappa shape index (κ3) is 4.13. The van der Waals surface area contributed by atoms with Gasteiger partial charge in [0.1, 0.15) is 5.76 Å². The Bertz CT molecular complexity index is 256. The highest BCUT2D eigenvalue weighted by atomic mass is 79.9. The molecular weight excluding hydrogens is 314 g/mol. The summed E-state index contributed by atoms with van der Waals surface area (Å²) in [5.41, 5.74) is 0. The maximum Gasteiger partial charge on any atom is 0.183 e. The van der Waals surface area contributed by atoms with Gasteiger partial charge in [-0.2, -0.15) is 0 Å². The number of nitrogens with one attached hydrogen (secondary N) is 1. The zero-order chi connectivity index (χ0) is 10.4. The predicted molar refractivity (Wildman–Crippen MR) is 62.3 cm³/mol. The van der Waals surface area contributed by atoms with Gasteiger partial charge < -0.3 is 14.5 Å². The third-order valence-electron chi connectivity index (χ3n) is 1.70. The zero-order valence-corrected chi connectivity index (χ0v) is 11.2. The van der Waals surface area contributed by atoms with Crippen LogP contribution in [-0.2, 0) is 11.3 Å². The molecule has 0 bridgehead atoms. The number of rotatable bonds is 6. The van der Waals surface area contributed by atoms with E-state index in [-0.39, 0.29) is 0 Å². The van der Waals surface area contributed by atoms with Crippen molar-refractivity contribution in [3.8, 4) is 0 Å². The van der Waals surface area contributed by atoms with Gasteiger partial charge in [-0.25, -0.2) is 0 Å². The van der Waals surface area contributed by atoms with Crippen molar-refractivity contribution in [1.82, 2.24) is 5.32 Å². The molecule has 0 aromatic carbocycles. The van der Waals surface area contributed by atoms with Crippen molar-refractivity contribution in [2.24, 2.45) is 0 Å². The Morgan fingerprint density at radius 3 is 2.86 bits per heavy atom. The molecule has 3 nitrogen and oxygen atoms in total. The maximum atomic E-state index is 5.40. The van der Waals surface area contributed by atoms with E-state index in [9.17, 15) is 0 Å². The molecule has 0 saturated heterocycles. The Morgan fingerprint density at radius 2 is 2.29 bits per heavy atom. The van der Waals surface area contributed by atoms with Gasteiger partial charge in [-0.3, -0.25) is 0 Å². The number of ether oxygens (including phenoxy) is 1. The monoisotopic (exact) mass is 325 g/mol. The van der Waals surface area contributed by atoms with Crippen LogP contribution in [0.25, 0.3) is 0 Å². The predicted octanol–water partition coefficient (Wildman–Crippen LogP) is 2.93. The molecule has 1 heterocycles. The Balaban J connectivity index is 2.18. The average Bonchev–Trinajstić information content (AvgIpc) is 2.46. The van der Waals surface area contributed by atoms with Gasteiger partial charge in [0, 0.05) is 13.7 Å². The van der Waals surface area contributed by atoms with Crippen LogP contribution in [0.3, 0.4) is 0 Å².